The van der Waals surface area contributed by atoms with Crippen LogP contribution in [-0.4, -0.2) is 85.0 Å². The molecule has 1 heterocycles. The molecule has 0 spiro atoms. The van der Waals surface area contributed by atoms with Crippen molar-refractivity contribution in [1.82, 2.24) is 4.90 Å². The van der Waals surface area contributed by atoms with Crippen LogP contribution >= 0.6 is 0 Å². The second-order valence-electron chi connectivity index (χ2n) is 8.59. The number of nitrogens with zero attached hydrogens (tertiary/aromatic N) is 2. The van der Waals surface area contributed by atoms with Gasteiger partial charge in [0.05, 0.1) is 21.0 Å². The lowest BCUT2D eigenvalue weighted by Crippen LogP contribution is -2.49. The van der Waals surface area contributed by atoms with E-state index in [9.17, 15) is 48.0 Å². The average molecular weight is 589 g/mol. The largest absolute Gasteiger partial charge is 0.486 e. The standard InChI is InChI=1S/C22H22F6N2O6S2/c1-37(32,33)14-4-6-19(36-13-21(24,25)22(26,27)28)16(11-14)20(31)30-9-7-29(8-10-30)18-5-3-15(12-17(18)23)38(2,34)35/h3-6,11-12H,7-10,13H2,1-2H3. The smallest absolute Gasteiger partial charge is 0.456 e. The van der Waals surface area contributed by atoms with Gasteiger partial charge in [0.25, 0.3) is 5.91 Å². The van der Waals surface area contributed by atoms with Gasteiger partial charge in [-0.2, -0.15) is 22.0 Å². The molecule has 0 bridgehead atoms. The van der Waals surface area contributed by atoms with Crippen LogP contribution in [0.5, 0.6) is 5.75 Å². The van der Waals surface area contributed by atoms with Crippen molar-refractivity contribution in [3.8, 4) is 5.75 Å². The first kappa shape index (κ1) is 29.5. The molecule has 2 aromatic rings. The van der Waals surface area contributed by atoms with Crippen LogP contribution in [0, 0.1) is 5.82 Å². The Morgan fingerprint density at radius 1 is 0.868 bits per heavy atom. The number of carbonyl (C=O) groups excluding carboxylic acids is 1. The van der Waals surface area contributed by atoms with Gasteiger partial charge in [-0.25, -0.2) is 21.2 Å². The number of amides is 1. The van der Waals surface area contributed by atoms with Gasteiger partial charge in [-0.1, -0.05) is 0 Å². The lowest BCUT2D eigenvalue weighted by atomic mass is 10.1. The first-order valence-corrected chi connectivity index (χ1v) is 14.5. The van der Waals surface area contributed by atoms with E-state index in [1.165, 1.54) is 21.9 Å². The lowest BCUT2D eigenvalue weighted by molar-refractivity contribution is -0.290. The van der Waals surface area contributed by atoms with Gasteiger partial charge in [0.15, 0.2) is 26.3 Å². The summed E-state index contributed by atoms with van der Waals surface area (Å²) in [5.41, 5.74) is -0.468. The number of rotatable bonds is 7. The molecule has 8 nitrogen and oxygen atoms in total. The molecule has 0 saturated carbocycles. The van der Waals surface area contributed by atoms with E-state index < -0.39 is 61.4 Å². The van der Waals surface area contributed by atoms with Crippen molar-refractivity contribution in [2.75, 3.05) is 50.2 Å². The van der Waals surface area contributed by atoms with E-state index in [0.717, 1.165) is 36.8 Å². The molecular weight excluding hydrogens is 566 g/mol. The number of piperazine rings is 1. The summed E-state index contributed by atoms with van der Waals surface area (Å²) in [6, 6.07) is 5.92. The summed E-state index contributed by atoms with van der Waals surface area (Å²) in [7, 11) is -7.52. The Morgan fingerprint density at radius 3 is 1.89 bits per heavy atom. The van der Waals surface area contributed by atoms with Gasteiger partial charge in [0.1, 0.15) is 11.6 Å². The molecule has 0 aliphatic carbocycles. The zero-order chi connectivity index (χ0) is 28.7. The number of ether oxygens (including phenoxy) is 1. The van der Waals surface area contributed by atoms with Crippen LogP contribution in [-0.2, 0) is 19.7 Å². The van der Waals surface area contributed by atoms with Crippen LogP contribution < -0.4 is 9.64 Å². The molecule has 3 rings (SSSR count). The number of alkyl halides is 5. The van der Waals surface area contributed by atoms with Gasteiger partial charge in [-0.3, -0.25) is 4.79 Å². The number of hydrogen-bond donors (Lipinski definition) is 0. The molecule has 0 aromatic heterocycles. The SMILES string of the molecule is CS(=O)(=O)c1ccc(N2CCN(C(=O)c3cc(S(C)(=O)=O)ccc3OCC(F)(F)C(F)(F)F)CC2)c(F)c1. The third-order valence-corrected chi connectivity index (χ3v) is 7.91. The Hall–Kier alpha value is -3.01. The minimum absolute atomic E-state index is 0.0506. The summed E-state index contributed by atoms with van der Waals surface area (Å²) >= 11 is 0. The van der Waals surface area contributed by atoms with Crippen molar-refractivity contribution in [2.45, 2.75) is 21.9 Å². The normalized spacial score (nSPS) is 15.5. The van der Waals surface area contributed by atoms with Crippen LogP contribution in [0.3, 0.4) is 0 Å². The van der Waals surface area contributed by atoms with E-state index in [4.69, 9.17) is 0 Å². The highest BCUT2D eigenvalue weighted by Crippen LogP contribution is 2.36. The molecule has 1 saturated heterocycles. The number of sulfone groups is 2. The first-order valence-electron chi connectivity index (χ1n) is 10.8. The predicted molar refractivity (Wildman–Crippen MR) is 124 cm³/mol. The second kappa shape index (κ2) is 10.3. The molecule has 0 N–H and O–H groups in total. The van der Waals surface area contributed by atoms with Crippen LogP contribution in [0.25, 0.3) is 0 Å². The molecule has 0 radical (unpaired) electrons. The van der Waals surface area contributed by atoms with Crippen molar-refractivity contribution in [3.05, 3.63) is 47.8 Å². The topological polar surface area (TPSA) is 101 Å². The van der Waals surface area contributed by atoms with Crippen LogP contribution in [0.1, 0.15) is 10.4 Å². The number of benzene rings is 2. The van der Waals surface area contributed by atoms with Crippen molar-refractivity contribution in [1.29, 1.82) is 0 Å². The van der Waals surface area contributed by atoms with E-state index in [-0.39, 0.29) is 41.7 Å². The first-order chi connectivity index (χ1) is 17.3. The Morgan fingerprint density at radius 2 is 1.39 bits per heavy atom. The summed E-state index contributed by atoms with van der Waals surface area (Å²) in [5.74, 6) is -7.61. The zero-order valence-electron chi connectivity index (χ0n) is 19.9. The number of anilines is 1. The Bertz CT molecular complexity index is 1440. The molecule has 2 aromatic carbocycles. The van der Waals surface area contributed by atoms with Crippen molar-refractivity contribution >= 4 is 31.3 Å². The summed E-state index contributed by atoms with van der Waals surface area (Å²) in [6.07, 6.45) is -4.17. The Labute approximate surface area is 214 Å². The van der Waals surface area contributed by atoms with Gasteiger partial charge in [0, 0.05) is 38.7 Å². The second-order valence-corrected chi connectivity index (χ2v) is 12.6. The molecule has 0 unspecified atom stereocenters. The monoisotopic (exact) mass is 588 g/mol. The Balaban J connectivity index is 1.83. The average Bonchev–Trinajstić information content (AvgIpc) is 2.80. The molecule has 16 heteroatoms. The van der Waals surface area contributed by atoms with E-state index >= 15 is 0 Å². The molecule has 38 heavy (non-hydrogen) atoms. The quantitative estimate of drug-likeness (QED) is 0.458. The molecule has 1 amide bonds. The third-order valence-electron chi connectivity index (χ3n) is 5.69. The highest BCUT2D eigenvalue weighted by molar-refractivity contribution is 7.91. The zero-order valence-corrected chi connectivity index (χ0v) is 21.6. The van der Waals surface area contributed by atoms with Crippen molar-refractivity contribution in [2.24, 2.45) is 0 Å². The van der Waals surface area contributed by atoms with Crippen LogP contribution in [0.2, 0.25) is 0 Å². The number of hydrogen-bond acceptors (Lipinski definition) is 7. The highest BCUT2D eigenvalue weighted by atomic mass is 32.2. The van der Waals surface area contributed by atoms with E-state index in [1.54, 1.807) is 0 Å². The fourth-order valence-corrected chi connectivity index (χ4v) is 4.86. The minimum Gasteiger partial charge on any atom is -0.486 e. The maximum Gasteiger partial charge on any atom is 0.456 e. The molecule has 1 aliphatic rings. The summed E-state index contributed by atoms with van der Waals surface area (Å²) < 4.78 is 131. The van der Waals surface area contributed by atoms with Gasteiger partial charge < -0.3 is 14.5 Å². The minimum atomic E-state index is -5.91. The molecular formula is C22H22F6N2O6S2. The maximum absolute atomic E-state index is 14.6. The summed E-state index contributed by atoms with van der Waals surface area (Å²) in [4.78, 5) is 15.3. The maximum atomic E-state index is 14.6. The fourth-order valence-electron chi connectivity index (χ4n) is 3.58. The molecule has 1 fully saturated rings. The van der Waals surface area contributed by atoms with E-state index in [0.29, 0.717) is 0 Å². The molecule has 210 valence electrons. The highest BCUT2D eigenvalue weighted by Gasteiger charge is 2.58. The fraction of sp³-hybridized carbons (Fsp3) is 0.409. The summed E-state index contributed by atoms with van der Waals surface area (Å²) in [6.45, 7) is -2.16. The lowest BCUT2D eigenvalue weighted by Gasteiger charge is -2.36. The van der Waals surface area contributed by atoms with Crippen LogP contribution in [0.15, 0.2) is 46.2 Å². The van der Waals surface area contributed by atoms with Crippen molar-refractivity contribution in [3.63, 3.8) is 0 Å². The summed E-state index contributed by atoms with van der Waals surface area (Å²) in [5, 5.41) is 0. The number of halogens is 6. The van der Waals surface area contributed by atoms with Crippen molar-refractivity contribution < 1.29 is 52.7 Å². The number of carbonyl (C=O) groups is 1. The predicted octanol–water partition coefficient (Wildman–Crippen LogP) is 3.17. The molecule has 0 atom stereocenters. The van der Waals surface area contributed by atoms with Crippen LogP contribution in [0.4, 0.5) is 32.0 Å². The van der Waals surface area contributed by atoms with E-state index in [1.807, 2.05) is 0 Å². The third kappa shape index (κ3) is 6.51. The van der Waals surface area contributed by atoms with Gasteiger partial charge in [-0.15, -0.1) is 0 Å². The van der Waals surface area contributed by atoms with Gasteiger partial charge in [0.2, 0.25) is 0 Å². The Kier molecular flexibility index (Phi) is 7.99. The van der Waals surface area contributed by atoms with E-state index in [2.05, 4.69) is 4.74 Å². The molecule has 1 aliphatic heterocycles. The van der Waals surface area contributed by atoms with Gasteiger partial charge >= 0.3 is 12.1 Å². The van der Waals surface area contributed by atoms with Gasteiger partial charge in [-0.05, 0) is 36.4 Å².